The second kappa shape index (κ2) is 5.13. The van der Waals surface area contributed by atoms with E-state index in [1.807, 2.05) is 0 Å². The van der Waals surface area contributed by atoms with Crippen molar-refractivity contribution in [2.75, 3.05) is 0 Å². The van der Waals surface area contributed by atoms with Crippen LogP contribution in [0.1, 0.15) is 13.3 Å². The average Bonchev–Trinajstić information content (AvgIpc) is 2.63. The zero-order valence-electron chi connectivity index (χ0n) is 7.86. The van der Waals surface area contributed by atoms with Crippen LogP contribution in [0.2, 0.25) is 0 Å². The third-order valence-corrected chi connectivity index (χ3v) is 3.90. The molecule has 0 aromatic carbocycles. The van der Waals surface area contributed by atoms with E-state index in [0.29, 0.717) is 16.1 Å². The van der Waals surface area contributed by atoms with Gasteiger partial charge in [0.05, 0.1) is 0 Å². The molecule has 2 unspecified atom stereocenters. The SMILES string of the molecule is CCC(N)C(Sc1ncns1)C(F)(F)F. The predicted octanol–water partition coefficient (Wildman–Crippen LogP) is 2.30. The molecule has 0 bridgehead atoms. The fraction of sp³-hybridized carbons (Fsp3) is 0.714. The van der Waals surface area contributed by atoms with Gasteiger partial charge in [0.25, 0.3) is 0 Å². The van der Waals surface area contributed by atoms with Crippen molar-refractivity contribution in [3.05, 3.63) is 6.33 Å². The second-order valence-corrected chi connectivity index (χ2v) is 5.03. The summed E-state index contributed by atoms with van der Waals surface area (Å²) in [7, 11) is 0. The Balaban J connectivity index is 2.74. The van der Waals surface area contributed by atoms with Gasteiger partial charge in [-0.1, -0.05) is 18.7 Å². The minimum absolute atomic E-state index is 0.274. The summed E-state index contributed by atoms with van der Waals surface area (Å²) >= 11 is 1.57. The van der Waals surface area contributed by atoms with E-state index in [1.54, 1.807) is 6.92 Å². The Hall–Kier alpha value is -0.340. The first-order valence-electron chi connectivity index (χ1n) is 4.20. The molecular weight excluding hydrogens is 247 g/mol. The highest BCUT2D eigenvalue weighted by molar-refractivity contribution is 8.01. The van der Waals surface area contributed by atoms with Crippen LogP contribution in [0.4, 0.5) is 13.2 Å². The van der Waals surface area contributed by atoms with Gasteiger partial charge in [-0.3, -0.25) is 0 Å². The minimum Gasteiger partial charge on any atom is -0.326 e. The molecular formula is C7H10F3N3S2. The van der Waals surface area contributed by atoms with E-state index < -0.39 is 17.5 Å². The Morgan fingerprint density at radius 2 is 2.27 bits per heavy atom. The lowest BCUT2D eigenvalue weighted by Gasteiger charge is -2.23. The average molecular weight is 257 g/mol. The van der Waals surface area contributed by atoms with Crippen molar-refractivity contribution in [3.63, 3.8) is 0 Å². The highest BCUT2D eigenvalue weighted by Crippen LogP contribution is 2.37. The predicted molar refractivity (Wildman–Crippen MR) is 53.9 cm³/mol. The number of hydrogen-bond acceptors (Lipinski definition) is 5. The smallest absolute Gasteiger partial charge is 0.326 e. The third kappa shape index (κ3) is 3.62. The molecule has 1 aromatic heterocycles. The molecule has 1 heterocycles. The van der Waals surface area contributed by atoms with Crippen LogP contribution >= 0.6 is 23.3 Å². The van der Waals surface area contributed by atoms with E-state index >= 15 is 0 Å². The molecule has 0 aliphatic carbocycles. The van der Waals surface area contributed by atoms with E-state index in [9.17, 15) is 13.2 Å². The van der Waals surface area contributed by atoms with E-state index in [-0.39, 0.29) is 6.42 Å². The highest BCUT2D eigenvalue weighted by Gasteiger charge is 2.44. The highest BCUT2D eigenvalue weighted by atomic mass is 32.2. The van der Waals surface area contributed by atoms with Crippen molar-refractivity contribution < 1.29 is 13.2 Å². The van der Waals surface area contributed by atoms with Crippen LogP contribution < -0.4 is 5.73 Å². The maximum absolute atomic E-state index is 12.6. The quantitative estimate of drug-likeness (QED) is 0.841. The fourth-order valence-corrected chi connectivity index (χ4v) is 2.65. The molecule has 0 amide bonds. The van der Waals surface area contributed by atoms with E-state index in [1.165, 1.54) is 6.33 Å². The van der Waals surface area contributed by atoms with Crippen LogP contribution in [0.5, 0.6) is 0 Å². The zero-order valence-corrected chi connectivity index (χ0v) is 9.49. The van der Waals surface area contributed by atoms with Gasteiger partial charge in [-0.25, -0.2) is 4.98 Å². The van der Waals surface area contributed by atoms with Gasteiger partial charge in [-0.15, -0.1) is 0 Å². The normalized spacial score (nSPS) is 16.3. The Morgan fingerprint density at radius 3 is 2.67 bits per heavy atom. The number of nitrogens with zero attached hydrogens (tertiary/aromatic N) is 2. The van der Waals surface area contributed by atoms with Crippen molar-refractivity contribution in [1.29, 1.82) is 0 Å². The maximum Gasteiger partial charge on any atom is 0.402 e. The first-order chi connectivity index (χ1) is 6.95. The molecule has 1 aromatic rings. The number of halogens is 3. The number of nitrogens with two attached hydrogens (primary N) is 1. The molecule has 0 saturated carbocycles. The Kier molecular flexibility index (Phi) is 4.35. The van der Waals surface area contributed by atoms with Gasteiger partial charge in [-0.2, -0.15) is 17.5 Å². The lowest BCUT2D eigenvalue weighted by Crippen LogP contribution is -2.42. The van der Waals surface area contributed by atoms with Crippen LogP contribution in [0.15, 0.2) is 10.7 Å². The summed E-state index contributed by atoms with van der Waals surface area (Å²) in [5, 5.41) is -1.62. The molecule has 0 radical (unpaired) electrons. The van der Waals surface area contributed by atoms with E-state index in [2.05, 4.69) is 9.36 Å². The van der Waals surface area contributed by atoms with Crippen molar-refractivity contribution >= 4 is 23.3 Å². The van der Waals surface area contributed by atoms with Gasteiger partial charge in [0.15, 0.2) is 4.34 Å². The Labute approximate surface area is 93.4 Å². The summed E-state index contributed by atoms with van der Waals surface area (Å²) in [6.07, 6.45) is -2.81. The van der Waals surface area contributed by atoms with Crippen LogP contribution in [0.25, 0.3) is 0 Å². The van der Waals surface area contributed by atoms with Crippen LogP contribution in [0, 0.1) is 0 Å². The largest absolute Gasteiger partial charge is 0.402 e. The van der Waals surface area contributed by atoms with Crippen molar-refractivity contribution in [2.24, 2.45) is 5.73 Å². The number of aromatic nitrogens is 2. The number of rotatable bonds is 4. The summed E-state index contributed by atoms with van der Waals surface area (Å²) in [4.78, 5) is 3.70. The molecule has 0 spiro atoms. The Bertz CT molecular complexity index is 288. The molecule has 15 heavy (non-hydrogen) atoms. The summed E-state index contributed by atoms with van der Waals surface area (Å²) < 4.78 is 41.8. The van der Waals surface area contributed by atoms with Gasteiger partial charge in [0, 0.05) is 6.04 Å². The van der Waals surface area contributed by atoms with Crippen LogP contribution in [-0.4, -0.2) is 26.8 Å². The van der Waals surface area contributed by atoms with Gasteiger partial charge in [0.2, 0.25) is 0 Å². The van der Waals surface area contributed by atoms with Gasteiger partial charge in [0.1, 0.15) is 11.6 Å². The summed E-state index contributed by atoms with van der Waals surface area (Å²) in [6.45, 7) is 1.63. The lowest BCUT2D eigenvalue weighted by molar-refractivity contribution is -0.132. The molecule has 8 heteroatoms. The van der Waals surface area contributed by atoms with Crippen molar-refractivity contribution in [3.8, 4) is 0 Å². The molecule has 0 saturated heterocycles. The molecule has 2 atom stereocenters. The molecule has 1 rings (SSSR count). The second-order valence-electron chi connectivity index (χ2n) is 2.86. The molecule has 3 nitrogen and oxygen atoms in total. The standard InChI is InChI=1S/C7H10F3N3S2/c1-2-4(11)5(7(8,9)10)14-6-12-3-13-15-6/h3-5H,2,11H2,1H3. The first-order valence-corrected chi connectivity index (χ1v) is 5.86. The lowest BCUT2D eigenvalue weighted by atomic mass is 10.1. The fourth-order valence-electron chi connectivity index (χ4n) is 0.935. The first kappa shape index (κ1) is 12.7. The van der Waals surface area contributed by atoms with Gasteiger partial charge in [-0.05, 0) is 18.0 Å². The molecule has 0 fully saturated rings. The monoisotopic (exact) mass is 257 g/mol. The number of hydrogen-bond donors (Lipinski definition) is 1. The molecule has 2 N–H and O–H groups in total. The molecule has 0 aliphatic rings. The van der Waals surface area contributed by atoms with E-state index in [4.69, 9.17) is 5.73 Å². The van der Waals surface area contributed by atoms with Crippen molar-refractivity contribution in [2.45, 2.75) is 35.2 Å². The van der Waals surface area contributed by atoms with E-state index in [0.717, 1.165) is 11.5 Å². The number of thioether (sulfide) groups is 1. The summed E-state index contributed by atoms with van der Waals surface area (Å²) in [6, 6.07) is -0.918. The van der Waals surface area contributed by atoms with Gasteiger partial charge < -0.3 is 5.73 Å². The molecule has 0 aliphatic heterocycles. The number of alkyl halides is 3. The van der Waals surface area contributed by atoms with Crippen LogP contribution in [0.3, 0.4) is 0 Å². The minimum atomic E-state index is -4.31. The summed E-state index contributed by atoms with van der Waals surface area (Å²) in [5.41, 5.74) is 5.44. The third-order valence-electron chi connectivity index (χ3n) is 1.75. The van der Waals surface area contributed by atoms with Gasteiger partial charge >= 0.3 is 6.18 Å². The summed E-state index contributed by atoms with van der Waals surface area (Å²) in [5.74, 6) is 0. The zero-order chi connectivity index (χ0) is 11.5. The topological polar surface area (TPSA) is 51.8 Å². The molecule has 86 valence electrons. The van der Waals surface area contributed by atoms with Crippen molar-refractivity contribution in [1.82, 2.24) is 9.36 Å². The maximum atomic E-state index is 12.6. The van der Waals surface area contributed by atoms with Crippen LogP contribution in [-0.2, 0) is 0 Å². The Morgan fingerprint density at radius 1 is 1.60 bits per heavy atom.